The molecule has 3 fully saturated rings. The van der Waals surface area contributed by atoms with Gasteiger partial charge in [-0.05, 0) is 87.9 Å². The van der Waals surface area contributed by atoms with E-state index in [9.17, 15) is 19.5 Å². The zero-order valence-corrected chi connectivity index (χ0v) is 29.3. The van der Waals surface area contributed by atoms with E-state index in [1.165, 1.54) is 11.0 Å². The molecule has 0 spiro atoms. The number of carbonyl (C=O) groups is 4. The number of halogens is 2. The van der Waals surface area contributed by atoms with Crippen LogP contribution in [-0.4, -0.2) is 51.3 Å². The van der Waals surface area contributed by atoms with Gasteiger partial charge in [0, 0.05) is 22.0 Å². The van der Waals surface area contributed by atoms with E-state index in [2.05, 4.69) is 5.43 Å². The highest BCUT2D eigenvalue weighted by Gasteiger charge is 2.71. The second-order valence-corrected chi connectivity index (χ2v) is 15.3. The minimum absolute atomic E-state index is 0.000330. The fourth-order valence-electron chi connectivity index (χ4n) is 8.76. The molecular weight excluding hydrogens is 665 g/mol. The van der Waals surface area contributed by atoms with E-state index in [4.69, 9.17) is 27.9 Å². The quantitative estimate of drug-likeness (QED) is 0.222. The molecule has 2 heterocycles. The van der Waals surface area contributed by atoms with Crippen molar-refractivity contribution in [1.82, 2.24) is 9.91 Å². The molecule has 4 amide bonds. The molecule has 0 radical (unpaired) electrons. The third-order valence-corrected chi connectivity index (χ3v) is 11.4. The number of hydrogen-bond donors (Lipinski definition) is 2. The summed E-state index contributed by atoms with van der Waals surface area (Å²) >= 11 is 12.7. The third kappa shape index (κ3) is 4.80. The summed E-state index contributed by atoms with van der Waals surface area (Å²) < 4.78 is 5.45. The molecule has 0 bridgehead atoms. The molecule has 2 aliphatic heterocycles. The number of phenols is 1. The van der Waals surface area contributed by atoms with Crippen LogP contribution in [0.1, 0.15) is 56.2 Å². The lowest BCUT2D eigenvalue weighted by Gasteiger charge is -2.50. The largest absolute Gasteiger partial charge is 0.507 e. The number of nitrogens with one attached hydrogen (secondary N) is 1. The van der Waals surface area contributed by atoms with Crippen molar-refractivity contribution in [3.8, 4) is 11.5 Å². The number of benzene rings is 3. The lowest BCUT2D eigenvalue weighted by atomic mass is 9.49. The van der Waals surface area contributed by atoms with Crippen LogP contribution in [0.3, 0.4) is 0 Å². The Kier molecular flexibility index (Phi) is 7.87. The van der Waals surface area contributed by atoms with Crippen molar-refractivity contribution in [2.75, 3.05) is 12.5 Å². The first-order valence-corrected chi connectivity index (χ1v) is 17.1. The molecule has 3 aromatic rings. The first-order chi connectivity index (χ1) is 23.2. The number of ether oxygens (including phenoxy) is 1. The molecule has 0 unspecified atom stereocenters. The van der Waals surface area contributed by atoms with Crippen LogP contribution in [0.15, 0.2) is 72.3 Å². The molecule has 11 heteroatoms. The summed E-state index contributed by atoms with van der Waals surface area (Å²) in [5.41, 5.74) is 3.39. The third-order valence-electron chi connectivity index (χ3n) is 10.8. The smallest absolute Gasteiger partial charge is 0.260 e. The molecule has 6 atom stereocenters. The van der Waals surface area contributed by atoms with E-state index in [1.807, 2.05) is 32.9 Å². The number of amides is 4. The van der Waals surface area contributed by atoms with Crippen molar-refractivity contribution >= 4 is 52.5 Å². The zero-order valence-electron chi connectivity index (χ0n) is 27.8. The molecule has 49 heavy (non-hydrogen) atoms. The molecule has 4 aliphatic rings. The standard InChI is InChI=1S/C38H37Cl2N3O6/c1-19-7-6-8-25(32(19)44)31-23-14-15-24-30(35(47)42(33(24)45)37(2,3)4)26(23)18-27-34(46)43(41-29-16-11-21(39)17-28(29)40)36(48)38(27,31)20-9-12-22(49-5)13-10-20/h6-14,16-17,24,26-27,30-31,41,44H,15,18H2,1-5H3/t24-,26+,27-,30-,31+,38+/m0/s1. The molecule has 9 nitrogen and oxygen atoms in total. The highest BCUT2D eigenvalue weighted by atomic mass is 35.5. The zero-order chi connectivity index (χ0) is 35.2. The van der Waals surface area contributed by atoms with Gasteiger partial charge in [0.25, 0.3) is 11.8 Å². The van der Waals surface area contributed by atoms with Gasteiger partial charge in [0.1, 0.15) is 11.5 Å². The average molecular weight is 703 g/mol. The Balaban J connectivity index is 1.48. The van der Waals surface area contributed by atoms with Crippen molar-refractivity contribution in [2.24, 2.45) is 23.7 Å². The number of aromatic hydroxyl groups is 1. The predicted molar refractivity (Wildman–Crippen MR) is 185 cm³/mol. The number of anilines is 1. The van der Waals surface area contributed by atoms with Gasteiger partial charge >= 0.3 is 0 Å². The van der Waals surface area contributed by atoms with Gasteiger partial charge < -0.3 is 9.84 Å². The van der Waals surface area contributed by atoms with Crippen LogP contribution < -0.4 is 10.2 Å². The number of hydrogen-bond acceptors (Lipinski definition) is 7. The van der Waals surface area contributed by atoms with Gasteiger partial charge in [-0.3, -0.25) is 29.5 Å². The normalized spacial score (nSPS) is 27.9. The lowest BCUT2D eigenvalue weighted by molar-refractivity contribution is -0.146. The number of likely N-dealkylation sites (tertiary alicyclic amines) is 1. The number of imide groups is 2. The number of fused-ring (bicyclic) bond motifs is 4. The van der Waals surface area contributed by atoms with Crippen molar-refractivity contribution < 1.29 is 29.0 Å². The second kappa shape index (κ2) is 11.6. The number of hydrazine groups is 1. The van der Waals surface area contributed by atoms with Crippen LogP contribution in [0.5, 0.6) is 11.5 Å². The Morgan fingerprint density at radius 3 is 2.31 bits per heavy atom. The van der Waals surface area contributed by atoms with Gasteiger partial charge in [0.05, 0.1) is 41.0 Å². The first kappa shape index (κ1) is 33.2. The van der Waals surface area contributed by atoms with E-state index >= 15 is 4.79 Å². The number of phenolic OH excluding ortho intramolecular Hbond substituents is 1. The van der Waals surface area contributed by atoms with Gasteiger partial charge in [-0.1, -0.05) is 65.2 Å². The Bertz CT molecular complexity index is 1950. The molecule has 254 valence electrons. The van der Waals surface area contributed by atoms with Crippen LogP contribution in [0, 0.1) is 30.6 Å². The van der Waals surface area contributed by atoms with Crippen LogP contribution in [0.25, 0.3) is 0 Å². The second-order valence-electron chi connectivity index (χ2n) is 14.4. The maximum absolute atomic E-state index is 15.3. The highest BCUT2D eigenvalue weighted by Crippen LogP contribution is 2.65. The SMILES string of the molecule is COc1ccc([C@@]23C(=O)N(Nc4ccc(Cl)cc4Cl)C(=O)[C@@H]2C[C@@H]2C(=CC[C@@H]4C(=O)N(C(C)(C)C)C(=O)[C@@H]42)[C@@H]3c2cccc(C)c2O)cc1. The molecule has 1 saturated carbocycles. The van der Waals surface area contributed by atoms with E-state index in [1.54, 1.807) is 62.6 Å². The molecule has 2 aliphatic carbocycles. The number of aryl methyl sites for hydroxylation is 1. The number of methoxy groups -OCH3 is 1. The van der Waals surface area contributed by atoms with Crippen LogP contribution in [-0.2, 0) is 24.6 Å². The fourth-order valence-corrected chi connectivity index (χ4v) is 9.21. The molecular formula is C38H37Cl2N3O6. The number of allylic oxidation sites excluding steroid dienone is 2. The molecule has 7 rings (SSSR count). The van der Waals surface area contributed by atoms with Gasteiger partial charge in [-0.25, -0.2) is 0 Å². The van der Waals surface area contributed by atoms with Crippen LogP contribution >= 0.6 is 23.2 Å². The van der Waals surface area contributed by atoms with Crippen molar-refractivity contribution in [2.45, 2.75) is 57.4 Å². The highest BCUT2D eigenvalue weighted by molar-refractivity contribution is 6.36. The van der Waals surface area contributed by atoms with Gasteiger partial charge in [0.2, 0.25) is 11.8 Å². The molecule has 2 N–H and O–H groups in total. The number of rotatable bonds is 5. The van der Waals surface area contributed by atoms with Gasteiger partial charge in [-0.15, -0.1) is 0 Å². The average Bonchev–Trinajstić information content (AvgIpc) is 3.45. The van der Waals surface area contributed by atoms with Crippen molar-refractivity contribution in [1.29, 1.82) is 0 Å². The predicted octanol–water partition coefficient (Wildman–Crippen LogP) is 6.80. The van der Waals surface area contributed by atoms with E-state index in [0.717, 1.165) is 10.6 Å². The summed E-state index contributed by atoms with van der Waals surface area (Å²) in [7, 11) is 1.55. The van der Waals surface area contributed by atoms with E-state index in [0.29, 0.717) is 39.6 Å². The molecule has 0 aromatic heterocycles. The number of para-hydroxylation sites is 1. The summed E-state index contributed by atoms with van der Waals surface area (Å²) in [6.07, 6.45) is 2.40. The Labute approximate surface area is 294 Å². The number of carbonyl (C=O) groups excluding carboxylic acids is 4. The minimum Gasteiger partial charge on any atom is -0.507 e. The maximum Gasteiger partial charge on any atom is 0.260 e. The summed E-state index contributed by atoms with van der Waals surface area (Å²) in [5, 5.41) is 13.3. The van der Waals surface area contributed by atoms with Crippen molar-refractivity contribution in [3.63, 3.8) is 0 Å². The van der Waals surface area contributed by atoms with Gasteiger partial charge in [0.15, 0.2) is 0 Å². The Hall–Kier alpha value is -4.34. The summed E-state index contributed by atoms with van der Waals surface area (Å²) in [6, 6.07) is 17.1. The number of nitrogens with zero attached hydrogens (tertiary/aromatic N) is 2. The fraction of sp³-hybridized carbons (Fsp3) is 0.368. The Morgan fingerprint density at radius 1 is 0.939 bits per heavy atom. The van der Waals surface area contributed by atoms with E-state index in [-0.39, 0.29) is 29.0 Å². The van der Waals surface area contributed by atoms with Gasteiger partial charge in [-0.2, -0.15) is 5.01 Å². The lowest BCUT2D eigenvalue weighted by Crippen LogP contribution is -2.53. The van der Waals surface area contributed by atoms with E-state index < -0.39 is 52.4 Å². The summed E-state index contributed by atoms with van der Waals surface area (Å²) in [6.45, 7) is 7.28. The van der Waals surface area contributed by atoms with Crippen LogP contribution in [0.2, 0.25) is 10.0 Å². The maximum atomic E-state index is 15.3. The summed E-state index contributed by atoms with van der Waals surface area (Å²) in [4.78, 5) is 59.5. The summed E-state index contributed by atoms with van der Waals surface area (Å²) in [5.74, 6) is -4.66. The first-order valence-electron chi connectivity index (χ1n) is 16.3. The molecule has 3 aromatic carbocycles. The van der Waals surface area contributed by atoms with Crippen molar-refractivity contribution in [3.05, 3.63) is 99.0 Å². The van der Waals surface area contributed by atoms with Crippen LogP contribution in [0.4, 0.5) is 5.69 Å². The molecule has 2 saturated heterocycles. The Morgan fingerprint density at radius 2 is 1.65 bits per heavy atom. The topological polar surface area (TPSA) is 116 Å². The monoisotopic (exact) mass is 701 g/mol. The minimum atomic E-state index is -1.55.